The van der Waals surface area contributed by atoms with Crippen molar-refractivity contribution < 1.29 is 14.3 Å². The molecule has 0 N–H and O–H groups in total. The quantitative estimate of drug-likeness (QED) is 0.655. The maximum Gasteiger partial charge on any atom is 0.247 e. The van der Waals surface area contributed by atoms with Crippen LogP contribution >= 0.6 is 15.9 Å². The number of ether oxygens (including phenoxy) is 2. The minimum absolute atomic E-state index is 0.0149. The zero-order chi connectivity index (χ0) is 18.5. The lowest BCUT2D eigenvalue weighted by molar-refractivity contribution is -0.126. The van der Waals surface area contributed by atoms with Crippen molar-refractivity contribution in [3.8, 4) is 11.5 Å². The first-order valence-corrected chi connectivity index (χ1v) is 9.38. The van der Waals surface area contributed by atoms with Crippen LogP contribution in [0.25, 0.3) is 6.08 Å². The molecule has 0 bridgehead atoms. The number of hydrogen-bond acceptors (Lipinski definition) is 3. The predicted molar refractivity (Wildman–Crippen MR) is 106 cm³/mol. The smallest absolute Gasteiger partial charge is 0.247 e. The zero-order valence-corrected chi connectivity index (χ0v) is 16.5. The molecule has 2 aromatic rings. The Labute approximate surface area is 162 Å². The second-order valence-corrected chi connectivity index (χ2v) is 7.01. The van der Waals surface area contributed by atoms with Gasteiger partial charge in [-0.2, -0.15) is 0 Å². The van der Waals surface area contributed by atoms with Gasteiger partial charge in [-0.3, -0.25) is 4.79 Å². The van der Waals surface area contributed by atoms with Gasteiger partial charge in [-0.15, -0.1) is 0 Å². The van der Waals surface area contributed by atoms with E-state index in [4.69, 9.17) is 9.47 Å². The first-order chi connectivity index (χ1) is 12.6. The minimum Gasteiger partial charge on any atom is -0.497 e. The first kappa shape index (κ1) is 18.5. The molecule has 4 nitrogen and oxygen atoms in total. The Morgan fingerprint density at radius 1 is 1.19 bits per heavy atom. The highest BCUT2D eigenvalue weighted by Gasteiger charge is 2.31. The molecule has 26 heavy (non-hydrogen) atoms. The van der Waals surface area contributed by atoms with Crippen LogP contribution in [0, 0.1) is 0 Å². The Hall–Kier alpha value is -2.27. The van der Waals surface area contributed by atoms with Gasteiger partial charge in [0.2, 0.25) is 5.91 Å². The molecule has 2 aromatic carbocycles. The van der Waals surface area contributed by atoms with Crippen molar-refractivity contribution in [3.63, 3.8) is 0 Å². The van der Waals surface area contributed by atoms with E-state index >= 15 is 0 Å². The summed E-state index contributed by atoms with van der Waals surface area (Å²) in [6.07, 6.45) is 5.41. The number of benzene rings is 2. The normalized spacial score (nSPS) is 16.9. The molecule has 3 rings (SSSR count). The molecule has 1 heterocycles. The van der Waals surface area contributed by atoms with Crippen LogP contribution in [0.4, 0.5) is 0 Å². The van der Waals surface area contributed by atoms with Crippen molar-refractivity contribution in [2.45, 2.75) is 18.9 Å². The Morgan fingerprint density at radius 3 is 2.73 bits per heavy atom. The molecular weight excluding hydrogens is 394 g/mol. The van der Waals surface area contributed by atoms with Crippen molar-refractivity contribution in [1.82, 2.24) is 4.90 Å². The highest BCUT2D eigenvalue weighted by Crippen LogP contribution is 2.38. The maximum atomic E-state index is 12.8. The summed E-state index contributed by atoms with van der Waals surface area (Å²) in [5.74, 6) is 1.51. The molecule has 1 fully saturated rings. The third-order valence-electron chi connectivity index (χ3n) is 4.65. The lowest BCUT2D eigenvalue weighted by atomic mass is 10.0. The topological polar surface area (TPSA) is 38.8 Å². The molecule has 0 saturated carbocycles. The Bertz CT molecular complexity index is 819. The summed E-state index contributed by atoms with van der Waals surface area (Å²) in [5, 5.41) is 0. The van der Waals surface area contributed by atoms with Crippen molar-refractivity contribution in [2.75, 3.05) is 20.8 Å². The fourth-order valence-electron chi connectivity index (χ4n) is 3.31. The summed E-state index contributed by atoms with van der Waals surface area (Å²) in [7, 11) is 3.28. The molecule has 1 aliphatic heterocycles. The Morgan fingerprint density at radius 2 is 2.00 bits per heavy atom. The molecule has 1 atom stereocenters. The van der Waals surface area contributed by atoms with E-state index in [1.165, 1.54) is 0 Å². The van der Waals surface area contributed by atoms with Gasteiger partial charge in [0.15, 0.2) is 0 Å². The molecule has 1 saturated heterocycles. The van der Waals surface area contributed by atoms with Gasteiger partial charge in [0.25, 0.3) is 0 Å². The molecular formula is C21H22BrNO3. The standard InChI is InChI=1S/C21H22BrNO3/c1-25-16-10-11-17(20(14-16)26-2)19-8-5-13-23(19)21(24)12-9-15-6-3-4-7-18(15)22/h3-4,6-7,9-12,14,19H,5,8,13H2,1-2H3. The van der Waals surface area contributed by atoms with E-state index in [2.05, 4.69) is 15.9 Å². The van der Waals surface area contributed by atoms with Crippen LogP contribution in [0.15, 0.2) is 53.0 Å². The fourth-order valence-corrected chi connectivity index (χ4v) is 3.73. The van der Waals surface area contributed by atoms with Crippen molar-refractivity contribution >= 4 is 27.9 Å². The van der Waals surface area contributed by atoms with Crippen LogP contribution in [0.3, 0.4) is 0 Å². The average molecular weight is 416 g/mol. The molecule has 1 unspecified atom stereocenters. The van der Waals surface area contributed by atoms with E-state index in [1.807, 2.05) is 53.4 Å². The molecule has 0 aliphatic carbocycles. The number of methoxy groups -OCH3 is 2. The molecule has 0 radical (unpaired) electrons. The predicted octanol–water partition coefficient (Wildman–Crippen LogP) is 4.84. The number of halogens is 1. The van der Waals surface area contributed by atoms with Gasteiger partial charge < -0.3 is 14.4 Å². The van der Waals surface area contributed by atoms with E-state index in [-0.39, 0.29) is 11.9 Å². The number of carbonyl (C=O) groups is 1. The SMILES string of the molecule is COc1ccc(C2CCCN2C(=O)C=Cc2ccccc2Br)c(OC)c1. The number of carbonyl (C=O) groups excluding carboxylic acids is 1. The van der Waals surface area contributed by atoms with E-state index in [1.54, 1.807) is 20.3 Å². The second kappa shape index (κ2) is 8.41. The molecule has 5 heteroatoms. The molecule has 1 aliphatic rings. The first-order valence-electron chi connectivity index (χ1n) is 8.59. The van der Waals surface area contributed by atoms with Crippen LogP contribution in [-0.4, -0.2) is 31.6 Å². The van der Waals surface area contributed by atoms with E-state index in [0.29, 0.717) is 0 Å². The Kier molecular flexibility index (Phi) is 5.99. The van der Waals surface area contributed by atoms with Crippen LogP contribution in [0.5, 0.6) is 11.5 Å². The van der Waals surface area contributed by atoms with E-state index < -0.39 is 0 Å². The van der Waals surface area contributed by atoms with Crippen LogP contribution < -0.4 is 9.47 Å². The number of rotatable bonds is 5. The van der Waals surface area contributed by atoms with Gasteiger partial charge in [0, 0.05) is 28.7 Å². The maximum absolute atomic E-state index is 12.8. The minimum atomic E-state index is 0.0149. The third-order valence-corrected chi connectivity index (χ3v) is 5.37. The van der Waals surface area contributed by atoms with Crippen LogP contribution in [-0.2, 0) is 4.79 Å². The van der Waals surface area contributed by atoms with Gasteiger partial charge in [-0.25, -0.2) is 0 Å². The van der Waals surface area contributed by atoms with Gasteiger partial charge in [0.1, 0.15) is 11.5 Å². The largest absolute Gasteiger partial charge is 0.497 e. The number of amides is 1. The van der Waals surface area contributed by atoms with Crippen molar-refractivity contribution in [1.29, 1.82) is 0 Å². The zero-order valence-electron chi connectivity index (χ0n) is 14.9. The third kappa shape index (κ3) is 3.93. The van der Waals surface area contributed by atoms with E-state index in [9.17, 15) is 4.79 Å². The fraction of sp³-hybridized carbons (Fsp3) is 0.286. The van der Waals surface area contributed by atoms with Crippen LogP contribution in [0.2, 0.25) is 0 Å². The van der Waals surface area contributed by atoms with E-state index in [0.717, 1.165) is 46.5 Å². The average Bonchev–Trinajstić information content (AvgIpc) is 3.16. The number of hydrogen-bond donors (Lipinski definition) is 0. The second-order valence-electron chi connectivity index (χ2n) is 6.15. The van der Waals surface area contributed by atoms with Gasteiger partial charge in [-0.1, -0.05) is 34.1 Å². The van der Waals surface area contributed by atoms with Crippen LogP contribution in [0.1, 0.15) is 30.0 Å². The summed E-state index contributed by atoms with van der Waals surface area (Å²) in [6.45, 7) is 0.749. The molecule has 1 amide bonds. The van der Waals surface area contributed by atoms with Crippen molar-refractivity contribution in [2.24, 2.45) is 0 Å². The number of nitrogens with zero attached hydrogens (tertiary/aromatic N) is 1. The number of likely N-dealkylation sites (tertiary alicyclic amines) is 1. The molecule has 136 valence electrons. The summed E-state index contributed by atoms with van der Waals surface area (Å²) in [5.41, 5.74) is 2.01. The highest BCUT2D eigenvalue weighted by molar-refractivity contribution is 9.10. The highest BCUT2D eigenvalue weighted by atomic mass is 79.9. The monoisotopic (exact) mass is 415 g/mol. The van der Waals surface area contributed by atoms with Crippen molar-refractivity contribution in [3.05, 3.63) is 64.1 Å². The lowest BCUT2D eigenvalue weighted by Crippen LogP contribution is -2.29. The molecule has 0 aromatic heterocycles. The lowest BCUT2D eigenvalue weighted by Gasteiger charge is -2.25. The van der Waals surface area contributed by atoms with Gasteiger partial charge in [0.05, 0.1) is 20.3 Å². The summed E-state index contributed by atoms with van der Waals surface area (Å²) in [4.78, 5) is 14.7. The summed E-state index contributed by atoms with van der Waals surface area (Å²) < 4.78 is 11.8. The molecule has 0 spiro atoms. The van der Waals surface area contributed by atoms with Gasteiger partial charge >= 0.3 is 0 Å². The van der Waals surface area contributed by atoms with Gasteiger partial charge in [-0.05, 0) is 42.7 Å². The summed E-state index contributed by atoms with van der Waals surface area (Å²) in [6, 6.07) is 13.6. The Balaban J connectivity index is 1.82. The summed E-state index contributed by atoms with van der Waals surface area (Å²) >= 11 is 3.51.